The van der Waals surface area contributed by atoms with Gasteiger partial charge in [-0.15, -0.1) is 11.3 Å². The number of thiophene rings is 1. The average molecular weight is 440 g/mol. The molecule has 2 aromatic carbocycles. The lowest BCUT2D eigenvalue weighted by molar-refractivity contribution is 0.0602. The number of esters is 1. The van der Waals surface area contributed by atoms with Gasteiger partial charge in [0.15, 0.2) is 5.11 Å². The lowest BCUT2D eigenvalue weighted by atomic mass is 10.1. The molecule has 0 radical (unpaired) electrons. The molecule has 0 fully saturated rings. The van der Waals surface area contributed by atoms with Crippen LogP contribution in [0.15, 0.2) is 60.7 Å². The molecule has 0 aliphatic heterocycles. The summed E-state index contributed by atoms with van der Waals surface area (Å²) in [6, 6.07) is 19.8. The second-order valence-corrected chi connectivity index (χ2v) is 7.97. The van der Waals surface area contributed by atoms with E-state index in [1.165, 1.54) is 24.1 Å². The Bertz CT molecular complexity index is 997. The fourth-order valence-corrected chi connectivity index (χ4v) is 4.44. The molecule has 1 aromatic heterocycles. The topological polar surface area (TPSA) is 53.6 Å². The third-order valence-corrected chi connectivity index (χ3v) is 5.98. The van der Waals surface area contributed by atoms with E-state index in [-0.39, 0.29) is 0 Å². The van der Waals surface area contributed by atoms with Crippen LogP contribution in [0.2, 0.25) is 0 Å². The van der Waals surface area contributed by atoms with Crippen LogP contribution in [0.4, 0.5) is 16.4 Å². The van der Waals surface area contributed by atoms with Crippen molar-refractivity contribution in [1.29, 1.82) is 0 Å². The fraction of sp³-hybridized carbons (Fsp3) is 0.217. The van der Waals surface area contributed by atoms with Crippen molar-refractivity contribution in [3.05, 3.63) is 66.2 Å². The van der Waals surface area contributed by atoms with Crippen molar-refractivity contribution < 1.29 is 9.53 Å². The molecule has 0 amide bonds. The molecule has 156 valence electrons. The Labute approximate surface area is 186 Å². The molecule has 0 aliphatic carbocycles. The number of nitrogens with zero attached hydrogens (tertiary/aromatic N) is 1. The predicted molar refractivity (Wildman–Crippen MR) is 131 cm³/mol. The maximum atomic E-state index is 12.3. The van der Waals surface area contributed by atoms with E-state index in [1.54, 1.807) is 0 Å². The first-order chi connectivity index (χ1) is 14.5. The lowest BCUT2D eigenvalue weighted by Gasteiger charge is -2.21. The number of hydrogen-bond acceptors (Lipinski definition) is 5. The van der Waals surface area contributed by atoms with Crippen molar-refractivity contribution in [2.24, 2.45) is 0 Å². The van der Waals surface area contributed by atoms with Crippen LogP contribution < -0.4 is 15.5 Å². The first-order valence-corrected chi connectivity index (χ1v) is 11.0. The molecule has 0 saturated carbocycles. The zero-order valence-corrected chi connectivity index (χ0v) is 18.9. The summed E-state index contributed by atoms with van der Waals surface area (Å²) < 4.78 is 4.94. The molecule has 7 heteroatoms. The van der Waals surface area contributed by atoms with E-state index in [0.717, 1.165) is 29.2 Å². The molecule has 1 heterocycles. The highest BCUT2D eigenvalue weighted by Crippen LogP contribution is 2.36. The maximum absolute atomic E-state index is 12.3. The Morgan fingerprint density at radius 2 is 1.70 bits per heavy atom. The molecule has 0 unspecified atom stereocenters. The van der Waals surface area contributed by atoms with Crippen LogP contribution in [-0.2, 0) is 4.74 Å². The van der Waals surface area contributed by atoms with Crippen LogP contribution in [0.5, 0.6) is 0 Å². The van der Waals surface area contributed by atoms with Crippen molar-refractivity contribution >= 4 is 51.0 Å². The van der Waals surface area contributed by atoms with Gasteiger partial charge in [-0.2, -0.15) is 0 Å². The van der Waals surface area contributed by atoms with Crippen LogP contribution in [0.3, 0.4) is 0 Å². The lowest BCUT2D eigenvalue weighted by Crippen LogP contribution is -2.22. The summed E-state index contributed by atoms with van der Waals surface area (Å²) in [5, 5.41) is 7.40. The van der Waals surface area contributed by atoms with Gasteiger partial charge < -0.3 is 20.3 Å². The van der Waals surface area contributed by atoms with Gasteiger partial charge in [0.2, 0.25) is 0 Å². The van der Waals surface area contributed by atoms with Crippen molar-refractivity contribution in [2.75, 3.05) is 35.7 Å². The van der Waals surface area contributed by atoms with Crippen LogP contribution in [0, 0.1) is 0 Å². The van der Waals surface area contributed by atoms with Gasteiger partial charge in [-0.05, 0) is 62.0 Å². The zero-order valence-electron chi connectivity index (χ0n) is 17.3. The van der Waals surface area contributed by atoms with E-state index >= 15 is 0 Å². The summed E-state index contributed by atoms with van der Waals surface area (Å²) >= 11 is 6.94. The largest absolute Gasteiger partial charge is 0.465 e. The summed E-state index contributed by atoms with van der Waals surface area (Å²) in [4.78, 5) is 15.5. The van der Waals surface area contributed by atoms with Gasteiger partial charge in [0, 0.05) is 29.3 Å². The van der Waals surface area contributed by atoms with Crippen LogP contribution in [0.25, 0.3) is 10.4 Å². The van der Waals surface area contributed by atoms with Crippen molar-refractivity contribution in [1.82, 2.24) is 0 Å². The first-order valence-electron chi connectivity index (χ1n) is 9.76. The third-order valence-electron chi connectivity index (χ3n) is 4.68. The molecular formula is C23H25N3O2S2. The number of hydrogen-bond donors (Lipinski definition) is 2. The molecule has 30 heavy (non-hydrogen) atoms. The Morgan fingerprint density at radius 1 is 1.03 bits per heavy atom. The van der Waals surface area contributed by atoms with E-state index in [0.29, 0.717) is 15.7 Å². The highest BCUT2D eigenvalue weighted by atomic mass is 32.1. The van der Waals surface area contributed by atoms with Gasteiger partial charge in [-0.1, -0.05) is 30.3 Å². The smallest absolute Gasteiger partial charge is 0.340 e. The number of carbonyl (C=O) groups excluding carboxylic acids is 1. The van der Waals surface area contributed by atoms with Gasteiger partial charge in [-0.25, -0.2) is 4.79 Å². The quantitative estimate of drug-likeness (QED) is 0.355. The Kier molecular flexibility index (Phi) is 7.43. The number of ether oxygens (including phenoxy) is 1. The summed E-state index contributed by atoms with van der Waals surface area (Å²) in [5.74, 6) is -0.401. The number of thiocarbonyl (C=S) groups is 1. The van der Waals surface area contributed by atoms with Crippen LogP contribution in [0.1, 0.15) is 24.2 Å². The molecule has 0 atom stereocenters. The molecule has 2 N–H and O–H groups in total. The summed E-state index contributed by atoms with van der Waals surface area (Å²) in [5.41, 5.74) is 3.54. The highest BCUT2D eigenvalue weighted by Gasteiger charge is 2.18. The fourth-order valence-electron chi connectivity index (χ4n) is 3.10. The summed E-state index contributed by atoms with van der Waals surface area (Å²) in [7, 11) is 1.37. The standard InChI is InChI=1S/C23H25N3O2S2/c1-4-26(5-2)18-13-11-17(12-14-18)24-23(29)25-21-19(22(27)28-3)15-20(30-21)16-9-7-6-8-10-16/h6-15H,4-5H2,1-3H3,(H2,24,25,29). The molecule has 0 bridgehead atoms. The predicted octanol–water partition coefficient (Wildman–Crippen LogP) is 5.86. The second kappa shape index (κ2) is 10.2. The monoisotopic (exact) mass is 439 g/mol. The third kappa shape index (κ3) is 5.17. The van der Waals surface area contributed by atoms with E-state index in [4.69, 9.17) is 17.0 Å². The van der Waals surface area contributed by atoms with E-state index in [2.05, 4.69) is 41.5 Å². The molecule has 0 spiro atoms. The number of nitrogens with one attached hydrogen (secondary N) is 2. The molecule has 5 nitrogen and oxygen atoms in total. The normalized spacial score (nSPS) is 10.4. The van der Waals surface area contributed by atoms with E-state index in [1.807, 2.05) is 48.5 Å². The number of methoxy groups -OCH3 is 1. The maximum Gasteiger partial charge on any atom is 0.340 e. The van der Waals surface area contributed by atoms with Gasteiger partial charge in [-0.3, -0.25) is 0 Å². The van der Waals surface area contributed by atoms with Gasteiger partial charge in [0.05, 0.1) is 12.7 Å². The minimum Gasteiger partial charge on any atom is -0.465 e. The van der Waals surface area contributed by atoms with Crippen LogP contribution in [-0.4, -0.2) is 31.3 Å². The molecule has 0 saturated heterocycles. The Morgan fingerprint density at radius 3 is 2.30 bits per heavy atom. The highest BCUT2D eigenvalue weighted by molar-refractivity contribution is 7.80. The van der Waals surface area contributed by atoms with Gasteiger partial charge in [0.1, 0.15) is 5.00 Å². The van der Waals surface area contributed by atoms with Gasteiger partial charge in [0.25, 0.3) is 0 Å². The van der Waals surface area contributed by atoms with E-state index < -0.39 is 5.97 Å². The SMILES string of the molecule is CCN(CC)c1ccc(NC(=S)Nc2sc(-c3ccccc3)cc2C(=O)OC)cc1. The van der Waals surface area contributed by atoms with Crippen molar-refractivity contribution in [3.63, 3.8) is 0 Å². The number of rotatable bonds is 7. The molecule has 3 aromatic rings. The summed E-state index contributed by atoms with van der Waals surface area (Å²) in [6.45, 7) is 6.19. The minimum atomic E-state index is -0.401. The van der Waals surface area contributed by atoms with E-state index in [9.17, 15) is 4.79 Å². The Hall–Kier alpha value is -2.90. The minimum absolute atomic E-state index is 0.401. The molecule has 0 aliphatic rings. The number of anilines is 3. The van der Waals surface area contributed by atoms with Crippen molar-refractivity contribution in [3.8, 4) is 10.4 Å². The average Bonchev–Trinajstić information content (AvgIpc) is 3.19. The molecule has 3 rings (SSSR count). The van der Waals surface area contributed by atoms with Gasteiger partial charge >= 0.3 is 5.97 Å². The first kappa shape index (κ1) is 21.8. The number of benzene rings is 2. The molecular weight excluding hydrogens is 414 g/mol. The number of carbonyl (C=O) groups is 1. The van der Waals surface area contributed by atoms with Crippen molar-refractivity contribution in [2.45, 2.75) is 13.8 Å². The zero-order chi connectivity index (χ0) is 21.5. The second-order valence-electron chi connectivity index (χ2n) is 6.51. The summed E-state index contributed by atoms with van der Waals surface area (Å²) in [6.07, 6.45) is 0. The Balaban J connectivity index is 1.75. The van der Waals surface area contributed by atoms with Crippen LogP contribution >= 0.6 is 23.6 Å².